The SMILES string of the molecule is NC(=O)C(c1cc2c(cc1F)C(=O)NC2=O)N1CCNCC1. The van der Waals surface area contributed by atoms with E-state index in [-0.39, 0.29) is 16.7 Å². The van der Waals surface area contributed by atoms with Crippen LogP contribution in [0.5, 0.6) is 0 Å². The monoisotopic (exact) mass is 306 g/mol. The van der Waals surface area contributed by atoms with Crippen LogP contribution in [0.3, 0.4) is 0 Å². The number of imide groups is 1. The average Bonchev–Trinajstić information content (AvgIpc) is 2.75. The zero-order chi connectivity index (χ0) is 15.9. The second-order valence-electron chi connectivity index (χ2n) is 5.29. The van der Waals surface area contributed by atoms with Crippen molar-refractivity contribution in [2.75, 3.05) is 26.2 Å². The Hall–Kier alpha value is -2.32. The highest BCUT2D eigenvalue weighted by Gasteiger charge is 2.34. The van der Waals surface area contributed by atoms with Gasteiger partial charge in [-0.1, -0.05) is 0 Å². The van der Waals surface area contributed by atoms with E-state index < -0.39 is 29.6 Å². The number of halogens is 1. The summed E-state index contributed by atoms with van der Waals surface area (Å²) >= 11 is 0. The third-order valence-electron chi connectivity index (χ3n) is 3.93. The third-order valence-corrected chi connectivity index (χ3v) is 3.93. The molecule has 22 heavy (non-hydrogen) atoms. The number of amides is 3. The maximum Gasteiger partial charge on any atom is 0.259 e. The molecule has 3 amide bonds. The lowest BCUT2D eigenvalue weighted by Gasteiger charge is -2.33. The van der Waals surface area contributed by atoms with Crippen LogP contribution in [0.4, 0.5) is 4.39 Å². The number of carbonyl (C=O) groups is 3. The molecule has 2 heterocycles. The van der Waals surface area contributed by atoms with Crippen LogP contribution in [0.25, 0.3) is 0 Å². The number of hydrogen-bond donors (Lipinski definition) is 3. The highest BCUT2D eigenvalue weighted by Crippen LogP contribution is 2.28. The van der Waals surface area contributed by atoms with Crippen molar-refractivity contribution in [1.29, 1.82) is 0 Å². The number of rotatable bonds is 3. The number of carbonyl (C=O) groups excluding carboxylic acids is 3. The summed E-state index contributed by atoms with van der Waals surface area (Å²) in [6.45, 7) is 2.40. The summed E-state index contributed by atoms with van der Waals surface area (Å²) in [6.07, 6.45) is 0. The zero-order valence-corrected chi connectivity index (χ0v) is 11.7. The van der Waals surface area contributed by atoms with E-state index >= 15 is 0 Å². The van der Waals surface area contributed by atoms with Crippen molar-refractivity contribution in [2.45, 2.75) is 6.04 Å². The molecule has 0 spiro atoms. The fourth-order valence-corrected chi connectivity index (χ4v) is 2.88. The quantitative estimate of drug-likeness (QED) is 0.630. The maximum atomic E-state index is 14.4. The molecule has 1 aromatic rings. The Bertz CT molecular complexity index is 670. The van der Waals surface area contributed by atoms with E-state index in [0.717, 1.165) is 6.07 Å². The fraction of sp³-hybridized carbons (Fsp3) is 0.357. The molecule has 1 aromatic carbocycles. The predicted octanol–water partition coefficient (Wildman–Crippen LogP) is -0.859. The van der Waals surface area contributed by atoms with Crippen molar-refractivity contribution in [3.63, 3.8) is 0 Å². The summed E-state index contributed by atoms with van der Waals surface area (Å²) in [7, 11) is 0. The van der Waals surface area contributed by atoms with Crippen LogP contribution >= 0.6 is 0 Å². The molecule has 7 nitrogen and oxygen atoms in total. The summed E-state index contributed by atoms with van der Waals surface area (Å²) in [5.74, 6) is -2.63. The minimum atomic E-state index is -0.962. The van der Waals surface area contributed by atoms with Gasteiger partial charge >= 0.3 is 0 Å². The van der Waals surface area contributed by atoms with Crippen LogP contribution in [0.1, 0.15) is 32.3 Å². The first-order chi connectivity index (χ1) is 10.5. The van der Waals surface area contributed by atoms with Crippen LogP contribution < -0.4 is 16.4 Å². The van der Waals surface area contributed by atoms with E-state index in [0.29, 0.717) is 26.2 Å². The van der Waals surface area contributed by atoms with Gasteiger partial charge in [-0.15, -0.1) is 0 Å². The number of nitrogens with zero attached hydrogens (tertiary/aromatic N) is 1. The van der Waals surface area contributed by atoms with Crippen molar-refractivity contribution >= 4 is 17.7 Å². The summed E-state index contributed by atoms with van der Waals surface area (Å²) in [4.78, 5) is 36.8. The van der Waals surface area contributed by atoms with Crippen molar-refractivity contribution in [2.24, 2.45) is 5.73 Å². The maximum absolute atomic E-state index is 14.4. The highest BCUT2D eigenvalue weighted by atomic mass is 19.1. The lowest BCUT2D eigenvalue weighted by atomic mass is 9.98. The van der Waals surface area contributed by atoms with Crippen LogP contribution in [-0.2, 0) is 4.79 Å². The van der Waals surface area contributed by atoms with Crippen LogP contribution in [0.2, 0.25) is 0 Å². The molecular weight excluding hydrogens is 291 g/mol. The Morgan fingerprint density at radius 2 is 1.77 bits per heavy atom. The molecule has 1 saturated heterocycles. The van der Waals surface area contributed by atoms with Crippen molar-refractivity contribution < 1.29 is 18.8 Å². The van der Waals surface area contributed by atoms with Gasteiger partial charge in [0.15, 0.2) is 0 Å². The molecule has 0 saturated carbocycles. The topological polar surface area (TPSA) is 105 Å². The molecule has 0 radical (unpaired) electrons. The van der Waals surface area contributed by atoms with Crippen molar-refractivity contribution in [3.8, 4) is 0 Å². The first-order valence-electron chi connectivity index (χ1n) is 6.92. The normalized spacial score (nSPS) is 19.7. The van der Waals surface area contributed by atoms with Gasteiger partial charge in [-0.05, 0) is 12.1 Å². The molecule has 4 N–H and O–H groups in total. The Labute approximate surface area is 125 Å². The number of hydrogen-bond acceptors (Lipinski definition) is 5. The third kappa shape index (κ3) is 2.36. The van der Waals surface area contributed by atoms with Gasteiger partial charge in [0.1, 0.15) is 11.9 Å². The van der Waals surface area contributed by atoms with Crippen molar-refractivity contribution in [3.05, 3.63) is 34.6 Å². The minimum Gasteiger partial charge on any atom is -0.368 e. The van der Waals surface area contributed by atoms with Crippen molar-refractivity contribution in [1.82, 2.24) is 15.5 Å². The standard InChI is InChI=1S/C14H15FN4O3/c15-10-6-8-7(13(21)18-14(8)22)5-9(10)11(12(16)20)19-3-1-17-2-4-19/h5-6,11,17H,1-4H2,(H2,16,20)(H,18,21,22). The van der Waals surface area contributed by atoms with E-state index in [4.69, 9.17) is 5.73 Å². The van der Waals surface area contributed by atoms with Crippen LogP contribution in [0.15, 0.2) is 12.1 Å². The summed E-state index contributed by atoms with van der Waals surface area (Å²) < 4.78 is 14.4. The van der Waals surface area contributed by atoms with Crippen LogP contribution in [0, 0.1) is 5.82 Å². The molecule has 2 aliphatic heterocycles. The number of benzene rings is 1. The second kappa shape index (κ2) is 5.47. The highest BCUT2D eigenvalue weighted by molar-refractivity contribution is 6.21. The number of primary amides is 1. The van der Waals surface area contributed by atoms with E-state index in [1.807, 2.05) is 0 Å². The molecule has 0 aromatic heterocycles. The fourth-order valence-electron chi connectivity index (χ4n) is 2.88. The Morgan fingerprint density at radius 1 is 1.18 bits per heavy atom. The van der Waals surface area contributed by atoms with Gasteiger partial charge in [0, 0.05) is 31.7 Å². The van der Waals surface area contributed by atoms with E-state index in [9.17, 15) is 18.8 Å². The summed E-state index contributed by atoms with van der Waals surface area (Å²) in [6, 6.07) is 1.28. The van der Waals surface area contributed by atoms with E-state index in [1.54, 1.807) is 4.90 Å². The number of fused-ring (bicyclic) bond motifs is 1. The number of piperazine rings is 1. The van der Waals surface area contributed by atoms with Gasteiger partial charge in [0.25, 0.3) is 11.8 Å². The van der Waals surface area contributed by atoms with Gasteiger partial charge in [-0.2, -0.15) is 0 Å². The second-order valence-corrected chi connectivity index (χ2v) is 5.29. The van der Waals surface area contributed by atoms with E-state index in [1.165, 1.54) is 6.07 Å². The van der Waals surface area contributed by atoms with Gasteiger partial charge < -0.3 is 11.1 Å². The molecule has 1 unspecified atom stereocenters. The molecule has 1 fully saturated rings. The van der Waals surface area contributed by atoms with Gasteiger partial charge in [-0.3, -0.25) is 24.6 Å². The molecule has 1 atom stereocenters. The number of nitrogens with one attached hydrogen (secondary N) is 2. The summed E-state index contributed by atoms with van der Waals surface area (Å²) in [5.41, 5.74) is 5.52. The van der Waals surface area contributed by atoms with Gasteiger partial charge in [-0.25, -0.2) is 4.39 Å². The van der Waals surface area contributed by atoms with Gasteiger partial charge in [0.2, 0.25) is 5.91 Å². The molecule has 2 aliphatic rings. The predicted molar refractivity (Wildman–Crippen MR) is 74.6 cm³/mol. The smallest absolute Gasteiger partial charge is 0.259 e. The average molecular weight is 306 g/mol. The lowest BCUT2D eigenvalue weighted by molar-refractivity contribution is -0.123. The molecule has 0 aliphatic carbocycles. The first-order valence-corrected chi connectivity index (χ1v) is 6.92. The lowest BCUT2D eigenvalue weighted by Crippen LogP contribution is -2.48. The Morgan fingerprint density at radius 3 is 2.36 bits per heavy atom. The molecule has 0 bridgehead atoms. The van der Waals surface area contributed by atoms with Crippen LogP contribution in [-0.4, -0.2) is 48.8 Å². The number of nitrogens with two attached hydrogens (primary N) is 1. The molecular formula is C14H15FN4O3. The minimum absolute atomic E-state index is 0.0187. The Kier molecular flexibility index (Phi) is 3.63. The summed E-state index contributed by atoms with van der Waals surface area (Å²) in [5, 5.41) is 5.23. The molecule has 8 heteroatoms. The first kappa shape index (κ1) is 14.6. The van der Waals surface area contributed by atoms with Gasteiger partial charge in [0.05, 0.1) is 11.1 Å². The zero-order valence-electron chi connectivity index (χ0n) is 11.7. The largest absolute Gasteiger partial charge is 0.368 e. The molecule has 3 rings (SSSR count). The molecule has 116 valence electrons. The Balaban J connectivity index is 2.05. The van der Waals surface area contributed by atoms with E-state index in [2.05, 4.69) is 10.6 Å².